The Balaban J connectivity index is 3.15. The lowest BCUT2D eigenvalue weighted by Crippen LogP contribution is -2.12. The highest BCUT2D eigenvalue weighted by molar-refractivity contribution is 7.51. The van der Waals surface area contributed by atoms with Crippen molar-refractivity contribution in [3.05, 3.63) is 0 Å². The van der Waals surface area contributed by atoms with E-state index in [4.69, 9.17) is 14.5 Å². The molecule has 0 saturated heterocycles. The summed E-state index contributed by atoms with van der Waals surface area (Å²) in [6.07, 6.45) is 18.0. The first-order valence-electron chi connectivity index (χ1n) is 11.6. The van der Waals surface area contributed by atoms with Crippen LogP contribution in [-0.2, 0) is 23.6 Å². The molecule has 0 spiro atoms. The van der Waals surface area contributed by atoms with Crippen LogP contribution in [0.3, 0.4) is 0 Å². The maximum absolute atomic E-state index is 11.3. The zero-order chi connectivity index (χ0) is 22.5. The van der Waals surface area contributed by atoms with E-state index in [1.165, 1.54) is 71.3 Å². The molecule has 0 bridgehead atoms. The Labute approximate surface area is 182 Å². The van der Waals surface area contributed by atoms with Crippen molar-refractivity contribution >= 4 is 19.5 Å². The molecule has 0 atom stereocenters. The van der Waals surface area contributed by atoms with Gasteiger partial charge in [0.15, 0.2) is 0 Å². The molecule has 0 aliphatic heterocycles. The lowest BCUT2D eigenvalue weighted by atomic mass is 10.0. The Morgan fingerprint density at radius 1 is 0.633 bits per heavy atom. The van der Waals surface area contributed by atoms with Crippen molar-refractivity contribution in [3.63, 3.8) is 0 Å². The monoisotopic (exact) mass is 450 g/mol. The minimum Gasteiger partial charge on any atom is -0.469 e. The maximum atomic E-state index is 11.3. The smallest absolute Gasteiger partial charge is 0.325 e. The summed E-state index contributed by atoms with van der Waals surface area (Å²) in [6, 6.07) is 0. The molecule has 0 aromatic carbocycles. The zero-order valence-electron chi connectivity index (χ0n) is 18.8. The van der Waals surface area contributed by atoms with Crippen molar-refractivity contribution in [3.8, 4) is 0 Å². The minimum absolute atomic E-state index is 0.0287. The van der Waals surface area contributed by atoms with Crippen molar-refractivity contribution in [2.24, 2.45) is 0 Å². The van der Waals surface area contributed by atoms with Crippen molar-refractivity contribution in [2.75, 3.05) is 19.9 Å². The van der Waals surface area contributed by atoms with Crippen molar-refractivity contribution in [2.45, 2.75) is 109 Å². The normalized spacial score (nSPS) is 11.4. The first kappa shape index (κ1) is 29.1. The van der Waals surface area contributed by atoms with Gasteiger partial charge in [0, 0.05) is 6.16 Å². The van der Waals surface area contributed by atoms with E-state index in [1.807, 2.05) is 0 Å². The molecular weight excluding hydrogens is 407 g/mol. The Bertz CT molecular complexity index is 476. The van der Waals surface area contributed by atoms with E-state index in [0.717, 1.165) is 32.1 Å². The number of carbonyl (C=O) groups excluding carboxylic acids is 2. The van der Waals surface area contributed by atoms with Gasteiger partial charge in [-0.25, -0.2) is 0 Å². The topological polar surface area (TPSA) is 110 Å². The summed E-state index contributed by atoms with van der Waals surface area (Å²) in [5, 5.41) is 0. The number of methoxy groups -OCH3 is 1. The Morgan fingerprint density at radius 3 is 1.37 bits per heavy atom. The van der Waals surface area contributed by atoms with E-state index in [1.54, 1.807) is 0 Å². The number of hydrogen-bond acceptors (Lipinski definition) is 5. The third-order valence-electron chi connectivity index (χ3n) is 5.12. The van der Waals surface area contributed by atoms with Crippen LogP contribution in [0.5, 0.6) is 0 Å². The Hall–Kier alpha value is -0.910. The molecule has 0 aliphatic carbocycles. The predicted molar refractivity (Wildman–Crippen MR) is 118 cm³/mol. The van der Waals surface area contributed by atoms with Gasteiger partial charge in [0.1, 0.15) is 6.42 Å². The fourth-order valence-corrected chi connectivity index (χ4v) is 3.96. The summed E-state index contributed by atoms with van der Waals surface area (Å²) >= 11 is 0. The first-order chi connectivity index (χ1) is 14.3. The molecule has 30 heavy (non-hydrogen) atoms. The number of hydrogen-bond donors (Lipinski definition) is 2. The summed E-state index contributed by atoms with van der Waals surface area (Å²) in [5.41, 5.74) is 0. The van der Waals surface area contributed by atoms with Crippen molar-refractivity contribution < 1.29 is 33.4 Å². The van der Waals surface area contributed by atoms with Crippen LogP contribution in [0, 0.1) is 0 Å². The quantitative estimate of drug-likeness (QED) is 0.103. The second kappa shape index (κ2) is 20.0. The molecule has 0 fully saturated rings. The van der Waals surface area contributed by atoms with Gasteiger partial charge < -0.3 is 19.3 Å². The molecule has 178 valence electrons. The molecule has 2 N–H and O–H groups in total. The van der Waals surface area contributed by atoms with Crippen molar-refractivity contribution in [1.29, 1.82) is 0 Å². The van der Waals surface area contributed by atoms with Crippen LogP contribution in [-0.4, -0.2) is 41.6 Å². The van der Waals surface area contributed by atoms with Gasteiger partial charge in [-0.1, -0.05) is 89.9 Å². The largest absolute Gasteiger partial charge is 0.469 e. The van der Waals surface area contributed by atoms with Gasteiger partial charge in [-0.3, -0.25) is 14.2 Å². The summed E-state index contributed by atoms with van der Waals surface area (Å²) in [6.45, 7) is 0.378. The number of esters is 2. The second-order valence-electron chi connectivity index (χ2n) is 8.02. The van der Waals surface area contributed by atoms with Gasteiger partial charge in [-0.05, 0) is 12.8 Å². The summed E-state index contributed by atoms with van der Waals surface area (Å²) < 4.78 is 20.1. The van der Waals surface area contributed by atoms with Gasteiger partial charge in [-0.2, -0.15) is 0 Å². The average molecular weight is 451 g/mol. The van der Waals surface area contributed by atoms with Crippen LogP contribution in [0.1, 0.15) is 109 Å². The summed E-state index contributed by atoms with van der Waals surface area (Å²) in [5.74, 6) is -1.08. The van der Waals surface area contributed by atoms with E-state index < -0.39 is 19.5 Å². The Kier molecular flexibility index (Phi) is 19.4. The molecule has 7 nitrogen and oxygen atoms in total. The molecule has 0 rings (SSSR count). The number of ether oxygens (including phenoxy) is 2. The lowest BCUT2D eigenvalue weighted by molar-refractivity contribution is -0.153. The molecule has 0 aromatic heterocycles. The number of carbonyl (C=O) groups is 2. The molecular formula is C22H43O7P. The van der Waals surface area contributed by atoms with Crippen LogP contribution >= 0.6 is 7.60 Å². The molecule has 0 aliphatic rings. The fraction of sp³-hybridized carbons (Fsp3) is 0.909. The predicted octanol–water partition coefficient (Wildman–Crippen LogP) is 5.51. The number of rotatable bonds is 21. The van der Waals surface area contributed by atoms with Gasteiger partial charge in [-0.15, -0.1) is 0 Å². The lowest BCUT2D eigenvalue weighted by Gasteiger charge is -2.05. The highest BCUT2D eigenvalue weighted by Crippen LogP contribution is 2.35. The van der Waals surface area contributed by atoms with Crippen LogP contribution in [0.15, 0.2) is 0 Å². The molecule has 0 amide bonds. The fourth-order valence-electron chi connectivity index (χ4n) is 3.32. The molecule has 0 aromatic rings. The maximum Gasteiger partial charge on any atom is 0.325 e. The van der Waals surface area contributed by atoms with Crippen LogP contribution in [0.25, 0.3) is 0 Å². The van der Waals surface area contributed by atoms with Crippen LogP contribution < -0.4 is 0 Å². The van der Waals surface area contributed by atoms with Crippen LogP contribution in [0.4, 0.5) is 0 Å². The highest BCUT2D eigenvalue weighted by atomic mass is 31.2. The highest BCUT2D eigenvalue weighted by Gasteiger charge is 2.11. The first-order valence-corrected chi connectivity index (χ1v) is 13.4. The molecule has 0 saturated carbocycles. The summed E-state index contributed by atoms with van der Waals surface area (Å²) in [4.78, 5) is 39.7. The van der Waals surface area contributed by atoms with Crippen molar-refractivity contribution in [1.82, 2.24) is 0 Å². The molecule has 8 heteroatoms. The minimum atomic E-state index is -3.79. The average Bonchev–Trinajstić information content (AvgIpc) is 2.68. The third kappa shape index (κ3) is 23.4. The van der Waals surface area contributed by atoms with E-state index in [0.29, 0.717) is 13.0 Å². The van der Waals surface area contributed by atoms with E-state index in [9.17, 15) is 14.2 Å². The SMILES string of the molecule is COC(=O)CC(=O)OCCCCCCCCCCCCCCCCCCP(=O)(O)O. The molecule has 0 unspecified atom stereocenters. The molecule has 0 heterocycles. The number of unbranched alkanes of at least 4 members (excludes halogenated alkanes) is 15. The van der Waals surface area contributed by atoms with E-state index >= 15 is 0 Å². The Morgan fingerprint density at radius 2 is 1.00 bits per heavy atom. The zero-order valence-corrected chi connectivity index (χ0v) is 19.7. The van der Waals surface area contributed by atoms with Gasteiger partial charge in [0.05, 0.1) is 13.7 Å². The van der Waals surface area contributed by atoms with Gasteiger partial charge in [0.2, 0.25) is 0 Å². The third-order valence-corrected chi connectivity index (χ3v) is 6.02. The standard InChI is InChI=1S/C22H43O7P/c1-28-21(23)20-22(24)29-18-16-14-12-10-8-6-4-2-3-5-7-9-11-13-15-17-19-30(25,26)27/h2-20H2,1H3,(H2,25,26,27). The summed E-state index contributed by atoms with van der Waals surface area (Å²) in [7, 11) is -2.54. The van der Waals surface area contributed by atoms with E-state index in [2.05, 4.69) is 4.74 Å². The van der Waals surface area contributed by atoms with Gasteiger partial charge in [0.25, 0.3) is 0 Å². The van der Waals surface area contributed by atoms with Gasteiger partial charge >= 0.3 is 19.5 Å². The van der Waals surface area contributed by atoms with E-state index in [-0.39, 0.29) is 12.6 Å². The second-order valence-corrected chi connectivity index (χ2v) is 9.80. The van der Waals surface area contributed by atoms with Crippen LogP contribution in [0.2, 0.25) is 0 Å². The molecule has 0 radical (unpaired) electrons.